The van der Waals surface area contributed by atoms with Crippen LogP contribution in [-0.4, -0.2) is 28.9 Å². The van der Waals surface area contributed by atoms with Gasteiger partial charge in [0, 0.05) is 25.2 Å². The third-order valence-electron chi connectivity index (χ3n) is 4.17. The third-order valence-corrected chi connectivity index (χ3v) is 4.17. The minimum Gasteiger partial charge on any atom is -0.474 e. The first-order chi connectivity index (χ1) is 10.7. The van der Waals surface area contributed by atoms with Gasteiger partial charge >= 0.3 is 0 Å². The maximum Gasteiger partial charge on any atom is 0.242 e. The molecule has 2 heterocycles. The molecule has 6 nitrogen and oxygen atoms in total. The summed E-state index contributed by atoms with van der Waals surface area (Å²) in [4.78, 5) is 27.3. The quantitative estimate of drug-likeness (QED) is 0.859. The summed E-state index contributed by atoms with van der Waals surface area (Å²) < 4.78 is 5.86. The van der Waals surface area contributed by atoms with E-state index in [4.69, 9.17) is 4.74 Å². The lowest BCUT2D eigenvalue weighted by Crippen LogP contribution is -2.41. The van der Waals surface area contributed by atoms with Crippen molar-refractivity contribution >= 4 is 11.8 Å². The van der Waals surface area contributed by atoms with Crippen molar-refractivity contribution in [3.05, 3.63) is 23.9 Å². The van der Waals surface area contributed by atoms with E-state index in [9.17, 15) is 9.59 Å². The summed E-state index contributed by atoms with van der Waals surface area (Å²) in [6.07, 6.45) is 7.56. The predicted molar refractivity (Wildman–Crippen MR) is 80.1 cm³/mol. The Morgan fingerprint density at radius 1 is 1.36 bits per heavy atom. The van der Waals surface area contributed by atoms with E-state index in [1.807, 2.05) is 12.1 Å². The van der Waals surface area contributed by atoms with Crippen molar-refractivity contribution in [2.75, 3.05) is 0 Å². The number of nitrogens with zero attached hydrogens (tertiary/aromatic N) is 1. The van der Waals surface area contributed by atoms with Crippen LogP contribution in [0.1, 0.15) is 44.1 Å². The van der Waals surface area contributed by atoms with Crippen LogP contribution in [0.5, 0.6) is 5.88 Å². The van der Waals surface area contributed by atoms with Gasteiger partial charge < -0.3 is 15.4 Å². The van der Waals surface area contributed by atoms with E-state index < -0.39 is 6.04 Å². The highest BCUT2D eigenvalue weighted by Gasteiger charge is 2.26. The van der Waals surface area contributed by atoms with Crippen molar-refractivity contribution in [2.24, 2.45) is 0 Å². The smallest absolute Gasteiger partial charge is 0.242 e. The van der Waals surface area contributed by atoms with Gasteiger partial charge in [-0.15, -0.1) is 0 Å². The van der Waals surface area contributed by atoms with Gasteiger partial charge in [-0.05, 0) is 43.7 Å². The van der Waals surface area contributed by atoms with Crippen LogP contribution in [0.25, 0.3) is 0 Å². The van der Waals surface area contributed by atoms with Crippen LogP contribution in [-0.2, 0) is 16.1 Å². The molecule has 1 aliphatic heterocycles. The van der Waals surface area contributed by atoms with Gasteiger partial charge in [0.15, 0.2) is 0 Å². The molecule has 1 atom stereocenters. The van der Waals surface area contributed by atoms with Gasteiger partial charge in [0.25, 0.3) is 0 Å². The van der Waals surface area contributed by atoms with Crippen LogP contribution < -0.4 is 15.4 Å². The third kappa shape index (κ3) is 3.75. The van der Waals surface area contributed by atoms with Gasteiger partial charge in [-0.2, -0.15) is 0 Å². The van der Waals surface area contributed by atoms with E-state index >= 15 is 0 Å². The van der Waals surface area contributed by atoms with Crippen LogP contribution >= 0.6 is 0 Å². The predicted octanol–water partition coefficient (Wildman–Crippen LogP) is 1.30. The van der Waals surface area contributed by atoms with Crippen molar-refractivity contribution in [2.45, 2.75) is 57.2 Å². The van der Waals surface area contributed by atoms with Gasteiger partial charge in [-0.25, -0.2) is 4.98 Å². The molecule has 3 rings (SSSR count). The zero-order valence-corrected chi connectivity index (χ0v) is 12.5. The number of pyridine rings is 1. The number of hydrogen-bond acceptors (Lipinski definition) is 4. The first-order valence-corrected chi connectivity index (χ1v) is 7.89. The molecule has 118 valence electrons. The average molecular weight is 303 g/mol. The Morgan fingerprint density at radius 3 is 2.91 bits per heavy atom. The van der Waals surface area contributed by atoms with Crippen molar-refractivity contribution in [1.29, 1.82) is 0 Å². The Bertz CT molecular complexity index is 555. The normalized spacial score (nSPS) is 21.6. The van der Waals surface area contributed by atoms with Crippen molar-refractivity contribution < 1.29 is 14.3 Å². The van der Waals surface area contributed by atoms with Gasteiger partial charge in [0.05, 0.1) is 0 Å². The molecule has 2 N–H and O–H groups in total. The van der Waals surface area contributed by atoms with Crippen molar-refractivity contribution in [1.82, 2.24) is 15.6 Å². The average Bonchev–Trinajstić information content (AvgIpc) is 3.17. The zero-order valence-electron chi connectivity index (χ0n) is 12.5. The SMILES string of the molecule is O=C1CC[C@H](C(=O)NCc2ccnc(OC3CCCC3)c2)N1. The van der Waals surface area contributed by atoms with Gasteiger partial charge in [-0.3, -0.25) is 9.59 Å². The number of rotatable bonds is 5. The molecule has 1 aromatic heterocycles. The van der Waals surface area contributed by atoms with Crippen LogP contribution in [0.15, 0.2) is 18.3 Å². The summed E-state index contributed by atoms with van der Waals surface area (Å²) in [5.74, 6) is 0.421. The molecule has 1 saturated carbocycles. The maximum absolute atomic E-state index is 12.0. The molecule has 0 spiro atoms. The summed E-state index contributed by atoms with van der Waals surface area (Å²) in [6, 6.07) is 3.32. The summed E-state index contributed by atoms with van der Waals surface area (Å²) in [7, 11) is 0. The fourth-order valence-corrected chi connectivity index (χ4v) is 2.92. The number of carbonyl (C=O) groups is 2. The fraction of sp³-hybridized carbons (Fsp3) is 0.562. The van der Waals surface area contributed by atoms with E-state index in [0.717, 1.165) is 18.4 Å². The molecular formula is C16H21N3O3. The van der Waals surface area contributed by atoms with Gasteiger partial charge in [-0.1, -0.05) is 0 Å². The van der Waals surface area contributed by atoms with Crippen molar-refractivity contribution in [3.63, 3.8) is 0 Å². The highest BCUT2D eigenvalue weighted by molar-refractivity contribution is 5.90. The second-order valence-electron chi connectivity index (χ2n) is 5.90. The molecule has 0 unspecified atom stereocenters. The topological polar surface area (TPSA) is 80.3 Å². The molecule has 0 aromatic carbocycles. The molecule has 6 heteroatoms. The molecule has 22 heavy (non-hydrogen) atoms. The fourth-order valence-electron chi connectivity index (χ4n) is 2.92. The Balaban J connectivity index is 1.51. The highest BCUT2D eigenvalue weighted by atomic mass is 16.5. The first kappa shape index (κ1) is 14.8. The lowest BCUT2D eigenvalue weighted by atomic mass is 10.2. The molecule has 1 saturated heterocycles. The Labute approximate surface area is 129 Å². The molecule has 0 radical (unpaired) electrons. The summed E-state index contributed by atoms with van der Waals surface area (Å²) in [5.41, 5.74) is 0.945. The molecule has 2 amide bonds. The van der Waals surface area contributed by atoms with E-state index in [0.29, 0.717) is 25.3 Å². The summed E-state index contributed by atoms with van der Waals surface area (Å²) in [5, 5.41) is 5.51. The van der Waals surface area contributed by atoms with Crippen LogP contribution in [0.4, 0.5) is 0 Å². The molecule has 1 aromatic rings. The minimum atomic E-state index is -0.399. The number of nitrogens with one attached hydrogen (secondary N) is 2. The summed E-state index contributed by atoms with van der Waals surface area (Å²) in [6.45, 7) is 0.411. The number of amides is 2. The van der Waals surface area contributed by atoms with Gasteiger partial charge in [0.2, 0.25) is 17.7 Å². The molecule has 1 aliphatic carbocycles. The van der Waals surface area contributed by atoms with Crippen molar-refractivity contribution in [3.8, 4) is 5.88 Å². The Morgan fingerprint density at radius 2 is 2.18 bits per heavy atom. The maximum atomic E-state index is 12.0. The first-order valence-electron chi connectivity index (χ1n) is 7.89. The molecular weight excluding hydrogens is 282 g/mol. The minimum absolute atomic E-state index is 0.0590. The second kappa shape index (κ2) is 6.77. The Kier molecular flexibility index (Phi) is 4.56. The van der Waals surface area contributed by atoms with Crippen LogP contribution in [0.3, 0.4) is 0 Å². The summed E-state index contributed by atoms with van der Waals surface area (Å²) >= 11 is 0. The molecule has 0 bridgehead atoms. The monoisotopic (exact) mass is 303 g/mol. The second-order valence-corrected chi connectivity index (χ2v) is 5.90. The van der Waals surface area contributed by atoms with Gasteiger partial charge in [0.1, 0.15) is 12.1 Å². The van der Waals surface area contributed by atoms with E-state index in [-0.39, 0.29) is 17.9 Å². The highest BCUT2D eigenvalue weighted by Crippen LogP contribution is 2.23. The van der Waals surface area contributed by atoms with Crippen LogP contribution in [0, 0.1) is 0 Å². The number of aromatic nitrogens is 1. The molecule has 2 aliphatic rings. The Hall–Kier alpha value is -2.11. The lowest BCUT2D eigenvalue weighted by molar-refractivity contribution is -0.125. The standard InChI is InChI=1S/C16H21N3O3/c20-14-6-5-13(19-14)16(21)18-10-11-7-8-17-15(9-11)22-12-3-1-2-4-12/h7-9,12-13H,1-6,10H2,(H,18,21)(H,19,20)/t13-/m1/s1. The van der Waals surface area contributed by atoms with Crippen LogP contribution in [0.2, 0.25) is 0 Å². The van der Waals surface area contributed by atoms with E-state index in [1.165, 1.54) is 12.8 Å². The number of ether oxygens (including phenoxy) is 1. The number of hydrogen-bond donors (Lipinski definition) is 2. The van der Waals surface area contributed by atoms with E-state index in [1.54, 1.807) is 6.20 Å². The van der Waals surface area contributed by atoms with E-state index in [2.05, 4.69) is 15.6 Å². The number of carbonyl (C=O) groups excluding carboxylic acids is 2. The molecule has 2 fully saturated rings. The lowest BCUT2D eigenvalue weighted by Gasteiger charge is -2.14. The zero-order chi connectivity index (χ0) is 15.4. The largest absolute Gasteiger partial charge is 0.474 e.